The Labute approximate surface area is 122 Å². The zero-order chi connectivity index (χ0) is 14.2. The third-order valence-electron chi connectivity index (χ3n) is 4.18. The molecule has 112 valence electrons. The average molecular weight is 277 g/mol. The third kappa shape index (κ3) is 4.41. The van der Waals surface area contributed by atoms with Gasteiger partial charge in [0, 0.05) is 24.9 Å². The van der Waals surface area contributed by atoms with Crippen molar-refractivity contribution in [2.75, 3.05) is 25.1 Å². The zero-order valence-electron chi connectivity index (χ0n) is 12.5. The fourth-order valence-electron chi connectivity index (χ4n) is 2.96. The molecule has 2 unspecified atom stereocenters. The van der Waals surface area contributed by atoms with Crippen LogP contribution >= 0.6 is 0 Å². The Kier molecular flexibility index (Phi) is 6.19. The molecule has 3 nitrogen and oxygen atoms in total. The predicted octanol–water partition coefficient (Wildman–Crippen LogP) is 3.69. The second-order valence-electron chi connectivity index (χ2n) is 5.74. The monoisotopic (exact) mass is 277 g/mol. The van der Waals surface area contributed by atoms with Crippen molar-refractivity contribution in [2.24, 2.45) is 11.8 Å². The highest BCUT2D eigenvalue weighted by Crippen LogP contribution is 2.30. The molecule has 0 heterocycles. The fraction of sp³-hybridized carbons (Fsp3) is 0.647. The van der Waals surface area contributed by atoms with E-state index in [1.165, 1.54) is 25.7 Å². The van der Waals surface area contributed by atoms with Gasteiger partial charge in [0.25, 0.3) is 0 Å². The van der Waals surface area contributed by atoms with Gasteiger partial charge in [-0.2, -0.15) is 0 Å². The molecule has 1 fully saturated rings. The van der Waals surface area contributed by atoms with Crippen LogP contribution in [0.1, 0.15) is 39.0 Å². The van der Waals surface area contributed by atoms with E-state index in [0.717, 1.165) is 31.0 Å². The zero-order valence-corrected chi connectivity index (χ0v) is 12.5. The summed E-state index contributed by atoms with van der Waals surface area (Å²) in [7, 11) is 0. The first-order valence-corrected chi connectivity index (χ1v) is 7.91. The largest absolute Gasteiger partial charge is 0.494 e. The minimum atomic E-state index is 0.325. The Morgan fingerprint density at radius 2 is 2.05 bits per heavy atom. The van der Waals surface area contributed by atoms with Crippen LogP contribution in [0.25, 0.3) is 0 Å². The molecule has 1 aliphatic carbocycles. The summed E-state index contributed by atoms with van der Waals surface area (Å²) in [5.41, 5.74) is 1.11. The number of aliphatic hydroxyl groups is 1. The lowest BCUT2D eigenvalue weighted by Gasteiger charge is -2.30. The number of rotatable bonds is 7. The molecule has 0 aromatic heterocycles. The molecule has 3 heteroatoms. The highest BCUT2D eigenvalue weighted by molar-refractivity contribution is 5.48. The number of hydrogen-bond donors (Lipinski definition) is 2. The van der Waals surface area contributed by atoms with Crippen LogP contribution in [0.2, 0.25) is 0 Å². The quantitative estimate of drug-likeness (QED) is 0.798. The molecule has 2 N–H and O–H groups in total. The molecule has 2 atom stereocenters. The van der Waals surface area contributed by atoms with E-state index in [0.29, 0.717) is 18.4 Å². The topological polar surface area (TPSA) is 41.5 Å². The molecule has 0 saturated heterocycles. The maximum atomic E-state index is 9.45. The molecular formula is C17H27NO2. The van der Waals surface area contributed by atoms with Crippen molar-refractivity contribution in [1.82, 2.24) is 0 Å². The number of benzene rings is 1. The summed E-state index contributed by atoms with van der Waals surface area (Å²) < 4.78 is 5.65. The highest BCUT2D eigenvalue weighted by Gasteiger charge is 2.23. The Hall–Kier alpha value is -1.22. The SMILES string of the molecule is CCCOc1cccc(NCC2CCCCC2CO)c1. The first-order chi connectivity index (χ1) is 9.83. The molecule has 1 aromatic rings. The van der Waals surface area contributed by atoms with Gasteiger partial charge < -0.3 is 15.2 Å². The number of ether oxygens (including phenoxy) is 1. The van der Waals surface area contributed by atoms with E-state index in [2.05, 4.69) is 24.4 Å². The highest BCUT2D eigenvalue weighted by atomic mass is 16.5. The van der Waals surface area contributed by atoms with E-state index in [-0.39, 0.29) is 0 Å². The van der Waals surface area contributed by atoms with Crippen LogP contribution in [0, 0.1) is 11.8 Å². The standard InChI is InChI=1S/C17H27NO2/c1-2-10-20-17-9-5-8-16(11-17)18-12-14-6-3-4-7-15(14)13-19/h5,8-9,11,14-15,18-19H,2-4,6-7,10,12-13H2,1H3. The first-order valence-electron chi connectivity index (χ1n) is 7.91. The van der Waals surface area contributed by atoms with Gasteiger partial charge in [-0.3, -0.25) is 0 Å². The van der Waals surface area contributed by atoms with E-state index >= 15 is 0 Å². The van der Waals surface area contributed by atoms with Crippen molar-refractivity contribution in [3.63, 3.8) is 0 Å². The Morgan fingerprint density at radius 1 is 1.25 bits per heavy atom. The average Bonchev–Trinajstić information content (AvgIpc) is 2.51. The summed E-state index contributed by atoms with van der Waals surface area (Å²) in [6.07, 6.45) is 5.98. The van der Waals surface area contributed by atoms with E-state index in [9.17, 15) is 5.11 Å². The maximum Gasteiger partial charge on any atom is 0.121 e. The molecule has 0 radical (unpaired) electrons. The summed E-state index contributed by atoms with van der Waals surface area (Å²) in [6.45, 7) is 4.15. The normalized spacial score (nSPS) is 22.5. The Balaban J connectivity index is 1.86. The summed E-state index contributed by atoms with van der Waals surface area (Å²) in [6, 6.07) is 8.16. The van der Waals surface area contributed by atoms with Crippen molar-refractivity contribution in [2.45, 2.75) is 39.0 Å². The number of anilines is 1. The predicted molar refractivity (Wildman–Crippen MR) is 83.3 cm³/mol. The van der Waals surface area contributed by atoms with Gasteiger partial charge in [0.05, 0.1) is 6.61 Å². The lowest BCUT2D eigenvalue weighted by Crippen LogP contribution is -2.28. The number of aliphatic hydroxyl groups excluding tert-OH is 1. The van der Waals surface area contributed by atoms with Crippen LogP contribution in [0.5, 0.6) is 5.75 Å². The van der Waals surface area contributed by atoms with Gasteiger partial charge in [0.15, 0.2) is 0 Å². The van der Waals surface area contributed by atoms with Crippen LogP contribution in [0.15, 0.2) is 24.3 Å². The second kappa shape index (κ2) is 8.15. The Morgan fingerprint density at radius 3 is 2.80 bits per heavy atom. The van der Waals surface area contributed by atoms with Gasteiger partial charge in [-0.1, -0.05) is 25.8 Å². The van der Waals surface area contributed by atoms with Gasteiger partial charge >= 0.3 is 0 Å². The third-order valence-corrected chi connectivity index (χ3v) is 4.18. The smallest absolute Gasteiger partial charge is 0.121 e. The fourth-order valence-corrected chi connectivity index (χ4v) is 2.96. The van der Waals surface area contributed by atoms with Crippen LogP contribution in [0.3, 0.4) is 0 Å². The second-order valence-corrected chi connectivity index (χ2v) is 5.74. The number of hydrogen-bond acceptors (Lipinski definition) is 3. The van der Waals surface area contributed by atoms with Gasteiger partial charge in [0.2, 0.25) is 0 Å². The summed E-state index contributed by atoms with van der Waals surface area (Å²) in [5, 5.41) is 13.0. The summed E-state index contributed by atoms with van der Waals surface area (Å²) in [4.78, 5) is 0. The van der Waals surface area contributed by atoms with Crippen molar-refractivity contribution >= 4 is 5.69 Å². The van der Waals surface area contributed by atoms with Crippen molar-refractivity contribution in [3.8, 4) is 5.75 Å². The molecule has 1 aliphatic rings. The van der Waals surface area contributed by atoms with Crippen LogP contribution in [0.4, 0.5) is 5.69 Å². The minimum Gasteiger partial charge on any atom is -0.494 e. The summed E-state index contributed by atoms with van der Waals surface area (Å²) in [5.74, 6) is 1.99. The molecule has 0 aliphatic heterocycles. The van der Waals surface area contributed by atoms with Crippen molar-refractivity contribution < 1.29 is 9.84 Å². The molecule has 0 amide bonds. The maximum absolute atomic E-state index is 9.45. The van der Waals surface area contributed by atoms with E-state index in [1.54, 1.807) is 0 Å². The minimum absolute atomic E-state index is 0.325. The van der Waals surface area contributed by atoms with Crippen LogP contribution in [-0.4, -0.2) is 24.9 Å². The van der Waals surface area contributed by atoms with Gasteiger partial charge in [-0.15, -0.1) is 0 Å². The number of nitrogens with one attached hydrogen (secondary N) is 1. The lowest BCUT2D eigenvalue weighted by molar-refractivity contribution is 0.141. The van der Waals surface area contributed by atoms with Gasteiger partial charge in [-0.05, 0) is 43.2 Å². The summed E-state index contributed by atoms with van der Waals surface area (Å²) >= 11 is 0. The molecule has 0 bridgehead atoms. The molecule has 1 saturated carbocycles. The first kappa shape index (κ1) is 15.2. The molecular weight excluding hydrogens is 250 g/mol. The van der Waals surface area contributed by atoms with Gasteiger partial charge in [-0.25, -0.2) is 0 Å². The van der Waals surface area contributed by atoms with E-state index in [4.69, 9.17) is 4.74 Å². The Bertz CT molecular complexity index is 394. The molecule has 1 aromatic carbocycles. The van der Waals surface area contributed by atoms with Crippen molar-refractivity contribution in [3.05, 3.63) is 24.3 Å². The molecule has 2 rings (SSSR count). The molecule has 0 spiro atoms. The van der Waals surface area contributed by atoms with E-state index < -0.39 is 0 Å². The van der Waals surface area contributed by atoms with Crippen molar-refractivity contribution in [1.29, 1.82) is 0 Å². The van der Waals surface area contributed by atoms with E-state index in [1.807, 2.05) is 12.1 Å². The molecule has 20 heavy (non-hydrogen) atoms. The lowest BCUT2D eigenvalue weighted by atomic mass is 9.79. The van der Waals surface area contributed by atoms with Crippen LogP contribution < -0.4 is 10.1 Å². The van der Waals surface area contributed by atoms with Crippen LogP contribution in [-0.2, 0) is 0 Å². The van der Waals surface area contributed by atoms with Gasteiger partial charge in [0.1, 0.15) is 5.75 Å².